The molecule has 1 saturated carbocycles. The number of Topliss-reactive ketones (excluding diaryl/α,β-unsaturated/α-hetero) is 1. The first-order chi connectivity index (χ1) is 24.1. The zero-order valence-corrected chi connectivity index (χ0v) is 28.2. The predicted octanol–water partition coefficient (Wildman–Crippen LogP) is 5.77. The number of phenolic OH excluding ortho intramolecular Hbond substituents is 1. The van der Waals surface area contributed by atoms with Crippen LogP contribution in [-0.4, -0.2) is 44.7 Å². The predicted molar refractivity (Wildman–Crippen MR) is 185 cm³/mol. The van der Waals surface area contributed by atoms with E-state index in [0.29, 0.717) is 60.8 Å². The van der Waals surface area contributed by atoms with Crippen molar-refractivity contribution in [2.45, 2.75) is 94.9 Å². The summed E-state index contributed by atoms with van der Waals surface area (Å²) >= 11 is 0. The Labute approximate surface area is 292 Å². The third-order valence-electron chi connectivity index (χ3n) is 11.0. The number of ketones is 1. The Balaban J connectivity index is 1.39. The molecule has 0 saturated heterocycles. The lowest BCUT2D eigenvalue weighted by molar-refractivity contribution is -0.170. The van der Waals surface area contributed by atoms with E-state index in [1.807, 2.05) is 48.5 Å². The van der Waals surface area contributed by atoms with Gasteiger partial charge >= 0.3 is 11.9 Å². The Morgan fingerprint density at radius 1 is 0.900 bits per heavy atom. The molecule has 3 N–H and O–H groups in total. The normalized spacial score (nSPS) is 28.2. The van der Waals surface area contributed by atoms with E-state index < -0.39 is 35.5 Å². The van der Waals surface area contributed by atoms with E-state index in [-0.39, 0.29) is 55.0 Å². The Morgan fingerprint density at radius 2 is 1.70 bits per heavy atom. The van der Waals surface area contributed by atoms with Crippen LogP contribution in [0.25, 0.3) is 0 Å². The van der Waals surface area contributed by atoms with Gasteiger partial charge in [0.1, 0.15) is 29.0 Å². The van der Waals surface area contributed by atoms with Gasteiger partial charge in [-0.1, -0.05) is 66.4 Å². The summed E-state index contributed by atoms with van der Waals surface area (Å²) in [6, 6.07) is 18.8. The number of phenols is 1. The van der Waals surface area contributed by atoms with Gasteiger partial charge in [-0.25, -0.2) is 4.79 Å². The van der Waals surface area contributed by atoms with E-state index >= 15 is 0 Å². The van der Waals surface area contributed by atoms with Gasteiger partial charge in [0.25, 0.3) is 0 Å². The molecule has 258 valence electrons. The fourth-order valence-electron chi connectivity index (χ4n) is 8.04. The topological polar surface area (TPSA) is 130 Å². The molecule has 50 heavy (non-hydrogen) atoms. The third kappa shape index (κ3) is 6.98. The number of esters is 2. The monoisotopic (exact) mass is 674 g/mol. The summed E-state index contributed by atoms with van der Waals surface area (Å²) < 4.78 is 11.9. The van der Waals surface area contributed by atoms with Crippen LogP contribution in [0.2, 0.25) is 0 Å². The summed E-state index contributed by atoms with van der Waals surface area (Å²) in [5.41, 5.74) is 3.60. The van der Waals surface area contributed by atoms with Crippen molar-refractivity contribution in [1.82, 2.24) is 0 Å². The second-order valence-corrected chi connectivity index (χ2v) is 14.4. The molecule has 0 spiro atoms. The van der Waals surface area contributed by atoms with E-state index in [9.17, 15) is 29.7 Å². The number of aromatic hydroxyl groups is 1. The number of aryl methyl sites for hydroxylation is 1. The molecule has 1 fully saturated rings. The number of benzene rings is 3. The fourth-order valence-corrected chi connectivity index (χ4v) is 8.04. The number of carbonyl (C=O) groups is 3. The average molecular weight is 675 g/mol. The highest BCUT2D eigenvalue weighted by Crippen LogP contribution is 2.43. The van der Waals surface area contributed by atoms with Gasteiger partial charge in [0.2, 0.25) is 0 Å². The average Bonchev–Trinajstić information content (AvgIpc) is 3.10. The number of aliphatic hydroxyl groups is 2. The highest BCUT2D eigenvalue weighted by atomic mass is 16.6. The summed E-state index contributed by atoms with van der Waals surface area (Å²) in [6.07, 6.45) is 4.01. The van der Waals surface area contributed by atoms with Crippen LogP contribution in [0.1, 0.15) is 90.7 Å². The number of rotatable bonds is 2. The summed E-state index contributed by atoms with van der Waals surface area (Å²) in [7, 11) is 0. The molecule has 8 bridgehead atoms. The second kappa shape index (κ2) is 13.9. The molecule has 8 heteroatoms. The molecule has 0 amide bonds. The maximum atomic E-state index is 14.4. The largest absolute Gasteiger partial charge is 0.508 e. The van der Waals surface area contributed by atoms with Crippen LogP contribution in [0.5, 0.6) is 11.5 Å². The van der Waals surface area contributed by atoms with E-state index in [2.05, 4.69) is 17.9 Å². The van der Waals surface area contributed by atoms with E-state index in [1.54, 1.807) is 13.0 Å². The van der Waals surface area contributed by atoms with Crippen LogP contribution < -0.4 is 4.74 Å². The molecule has 3 heterocycles. The molecule has 0 aromatic heterocycles. The van der Waals surface area contributed by atoms with Crippen LogP contribution in [0.3, 0.4) is 0 Å². The number of hydrogen-bond acceptors (Lipinski definition) is 8. The molecular formula is C42H42O8. The van der Waals surface area contributed by atoms with Crippen LogP contribution >= 0.6 is 0 Å². The third-order valence-corrected chi connectivity index (χ3v) is 11.0. The molecule has 7 rings (SSSR count). The van der Waals surface area contributed by atoms with Crippen LogP contribution in [0, 0.1) is 23.7 Å². The first-order valence-corrected chi connectivity index (χ1v) is 17.6. The number of allylic oxidation sites excluding steroid dienone is 1. The number of carbonyl (C=O) groups excluding carboxylic acids is 3. The van der Waals surface area contributed by atoms with Crippen molar-refractivity contribution in [2.24, 2.45) is 11.8 Å². The van der Waals surface area contributed by atoms with Gasteiger partial charge in [-0.05, 0) is 85.3 Å². The zero-order chi connectivity index (χ0) is 35.0. The minimum absolute atomic E-state index is 0.00289. The van der Waals surface area contributed by atoms with Crippen molar-refractivity contribution in [3.05, 3.63) is 106 Å². The first-order valence-electron chi connectivity index (χ1n) is 17.6. The SMILES string of the molecule is CC1(O)C2CCC(=O)C(Cc3cccc(c3)CCC=C3CC(c4cccc(CO)c4)C#CC4CC(=O)Oc5cc(O)c(cc54)CC1OC3=O)C2. The molecule has 8 nitrogen and oxygen atoms in total. The lowest BCUT2D eigenvalue weighted by atomic mass is 9.68. The number of fused-ring (bicyclic) bond motifs is 8. The maximum Gasteiger partial charge on any atom is 0.334 e. The number of ether oxygens (including phenoxy) is 2. The maximum absolute atomic E-state index is 14.4. The minimum Gasteiger partial charge on any atom is -0.508 e. The Kier molecular flexibility index (Phi) is 9.38. The van der Waals surface area contributed by atoms with Gasteiger partial charge in [-0.2, -0.15) is 0 Å². The molecule has 6 atom stereocenters. The van der Waals surface area contributed by atoms with Gasteiger partial charge in [0.15, 0.2) is 0 Å². The van der Waals surface area contributed by atoms with Crippen molar-refractivity contribution in [3.63, 3.8) is 0 Å². The van der Waals surface area contributed by atoms with Crippen molar-refractivity contribution < 1.29 is 39.2 Å². The Morgan fingerprint density at radius 3 is 2.54 bits per heavy atom. The molecule has 6 unspecified atom stereocenters. The summed E-state index contributed by atoms with van der Waals surface area (Å²) in [6.45, 7) is 1.52. The van der Waals surface area contributed by atoms with Crippen molar-refractivity contribution in [3.8, 4) is 23.3 Å². The Hall–Kier alpha value is -4.71. The molecule has 4 aliphatic rings. The molecule has 3 aromatic carbocycles. The molecule has 0 radical (unpaired) electrons. The quantitative estimate of drug-likeness (QED) is 0.177. The van der Waals surface area contributed by atoms with Crippen molar-refractivity contribution >= 4 is 17.7 Å². The van der Waals surface area contributed by atoms with Gasteiger partial charge < -0.3 is 24.8 Å². The van der Waals surface area contributed by atoms with E-state index in [0.717, 1.165) is 16.7 Å². The fraction of sp³-hybridized carbons (Fsp3) is 0.405. The molecule has 1 aliphatic carbocycles. The van der Waals surface area contributed by atoms with Gasteiger partial charge in [-0.15, -0.1) is 0 Å². The minimum atomic E-state index is -1.55. The van der Waals surface area contributed by atoms with Gasteiger partial charge in [0, 0.05) is 41.9 Å². The lowest BCUT2D eigenvalue weighted by Gasteiger charge is -2.42. The van der Waals surface area contributed by atoms with Gasteiger partial charge in [0.05, 0.1) is 18.9 Å². The first kappa shape index (κ1) is 33.8. The molecule has 3 aliphatic heterocycles. The second-order valence-electron chi connectivity index (χ2n) is 14.4. The number of hydrogen-bond donors (Lipinski definition) is 3. The highest BCUT2D eigenvalue weighted by Gasteiger charge is 2.46. The van der Waals surface area contributed by atoms with Crippen molar-refractivity contribution in [1.29, 1.82) is 0 Å². The van der Waals surface area contributed by atoms with E-state index in [4.69, 9.17) is 9.47 Å². The zero-order valence-electron chi connectivity index (χ0n) is 28.2. The summed E-state index contributed by atoms with van der Waals surface area (Å²) in [5.74, 6) is 4.24. The lowest BCUT2D eigenvalue weighted by Crippen LogP contribution is -2.52. The standard InChI is InChI=1S/C42H42O8/c1-42(48)34-13-14-36(44)32(19-34)16-26-7-2-5-25(15-26)6-3-10-31-18-29(28-9-4-8-27(17-28)24-43)11-12-30-22-40(46)49-38-23-37(45)33(20-35(30)38)21-39(42)50-41(31)47/h2,4-5,7-10,15,17,20,23,29-30,32,34,39,43,45,48H,3,6,13-14,16,18-19,21-22,24H2,1H3. The number of aliphatic hydroxyl groups excluding tert-OH is 1. The smallest absolute Gasteiger partial charge is 0.334 e. The van der Waals surface area contributed by atoms with Crippen LogP contribution in [-0.2, 0) is 45.0 Å². The van der Waals surface area contributed by atoms with Crippen LogP contribution in [0.4, 0.5) is 0 Å². The summed E-state index contributed by atoms with van der Waals surface area (Å²) in [5, 5.41) is 33.6. The molecular weight excluding hydrogens is 632 g/mol. The Bertz CT molecular complexity index is 1930. The summed E-state index contributed by atoms with van der Waals surface area (Å²) in [4.78, 5) is 40.3. The van der Waals surface area contributed by atoms with Gasteiger partial charge in [-0.3, -0.25) is 9.59 Å². The van der Waals surface area contributed by atoms with Crippen molar-refractivity contribution in [2.75, 3.05) is 0 Å². The van der Waals surface area contributed by atoms with Crippen LogP contribution in [0.15, 0.2) is 72.3 Å². The molecule has 3 aromatic rings. The highest BCUT2D eigenvalue weighted by molar-refractivity contribution is 5.89. The van der Waals surface area contributed by atoms with E-state index in [1.165, 1.54) is 6.07 Å².